The molecule has 0 spiro atoms. The third-order valence-corrected chi connectivity index (χ3v) is 8.46. The molecule has 0 amide bonds. The van der Waals surface area contributed by atoms with Gasteiger partial charge in [0.25, 0.3) is 10.0 Å². The van der Waals surface area contributed by atoms with E-state index in [1.165, 1.54) is 3.97 Å². The highest BCUT2D eigenvalue weighted by molar-refractivity contribution is 9.10. The average Bonchev–Trinajstić information content (AvgIpc) is 2.89. The first-order chi connectivity index (χ1) is 14.4. The number of rotatable bonds is 5. The van der Waals surface area contributed by atoms with Crippen LogP contribution in [-0.4, -0.2) is 50.6 Å². The van der Waals surface area contributed by atoms with Gasteiger partial charge in [0.05, 0.1) is 12.6 Å². The Hall–Kier alpha value is -1.39. The summed E-state index contributed by atoms with van der Waals surface area (Å²) < 4.78 is 35.1. The van der Waals surface area contributed by atoms with Gasteiger partial charge in [-0.1, -0.05) is 15.9 Å². The van der Waals surface area contributed by atoms with Crippen LogP contribution in [0, 0.1) is 0 Å². The first-order valence-electron chi connectivity index (χ1n) is 9.72. The monoisotopic (exact) mass is 555 g/mol. The maximum Gasteiger partial charge on any atom is 0.269 e. The van der Waals surface area contributed by atoms with Crippen LogP contribution in [0.2, 0.25) is 0 Å². The SMILES string of the molecule is COc1ccc(S(=O)(=O)n2cc(CN3CCCNCC3)c3cc(Br)ccc32)c(Br)c1. The number of ether oxygens (including phenoxy) is 1. The molecule has 1 saturated heterocycles. The van der Waals surface area contributed by atoms with Crippen molar-refractivity contribution in [3.63, 3.8) is 0 Å². The van der Waals surface area contributed by atoms with Crippen LogP contribution >= 0.6 is 31.9 Å². The van der Waals surface area contributed by atoms with Gasteiger partial charge in [-0.05, 0) is 77.4 Å². The third-order valence-electron chi connectivity index (χ3n) is 5.32. The van der Waals surface area contributed by atoms with E-state index in [0.717, 1.165) is 48.0 Å². The summed E-state index contributed by atoms with van der Waals surface area (Å²) in [5.74, 6) is 0.595. The Morgan fingerprint density at radius 1 is 1.10 bits per heavy atom. The van der Waals surface area contributed by atoms with Crippen LogP contribution in [0.1, 0.15) is 12.0 Å². The Morgan fingerprint density at radius 3 is 2.70 bits per heavy atom. The van der Waals surface area contributed by atoms with E-state index in [1.54, 1.807) is 31.5 Å². The van der Waals surface area contributed by atoms with Crippen LogP contribution in [0.5, 0.6) is 5.75 Å². The molecule has 0 unspecified atom stereocenters. The van der Waals surface area contributed by atoms with Crippen LogP contribution in [0.3, 0.4) is 0 Å². The van der Waals surface area contributed by atoms with Gasteiger partial charge in [-0.15, -0.1) is 0 Å². The van der Waals surface area contributed by atoms with Crippen molar-refractivity contribution in [2.24, 2.45) is 0 Å². The Bertz CT molecular complexity index is 1170. The molecule has 1 fully saturated rings. The second kappa shape index (κ2) is 9.00. The standard InChI is InChI=1S/C21H23Br2N3O3S/c1-29-17-4-6-21(19(23)12-17)30(27,28)26-14-15(13-25-9-2-7-24-8-10-25)18-11-16(22)3-5-20(18)26/h3-6,11-12,14,24H,2,7-10,13H2,1H3. The molecule has 160 valence electrons. The summed E-state index contributed by atoms with van der Waals surface area (Å²) in [7, 11) is -2.24. The molecule has 1 N–H and O–H groups in total. The summed E-state index contributed by atoms with van der Waals surface area (Å²) in [6.07, 6.45) is 2.85. The zero-order valence-corrected chi connectivity index (χ0v) is 20.6. The molecule has 1 aliphatic heterocycles. The van der Waals surface area contributed by atoms with Gasteiger partial charge >= 0.3 is 0 Å². The zero-order chi connectivity index (χ0) is 21.3. The van der Waals surface area contributed by atoms with Gasteiger partial charge in [0.2, 0.25) is 0 Å². The largest absolute Gasteiger partial charge is 0.497 e. The molecule has 0 aliphatic carbocycles. The molecular formula is C21H23Br2N3O3S. The van der Waals surface area contributed by atoms with Crippen LogP contribution in [0.25, 0.3) is 10.9 Å². The summed E-state index contributed by atoms with van der Waals surface area (Å²) >= 11 is 6.93. The van der Waals surface area contributed by atoms with E-state index in [1.807, 2.05) is 18.2 Å². The average molecular weight is 557 g/mol. The Labute approximate surface area is 193 Å². The van der Waals surface area contributed by atoms with Gasteiger partial charge in [0, 0.05) is 40.2 Å². The lowest BCUT2D eigenvalue weighted by Gasteiger charge is -2.18. The molecule has 9 heteroatoms. The van der Waals surface area contributed by atoms with Gasteiger partial charge in [-0.3, -0.25) is 4.90 Å². The minimum atomic E-state index is -3.79. The van der Waals surface area contributed by atoms with E-state index in [9.17, 15) is 8.42 Å². The van der Waals surface area contributed by atoms with Crippen molar-refractivity contribution in [1.82, 2.24) is 14.2 Å². The molecule has 30 heavy (non-hydrogen) atoms. The third kappa shape index (κ3) is 4.31. The first-order valence-corrected chi connectivity index (χ1v) is 12.7. The molecule has 6 nitrogen and oxygen atoms in total. The van der Waals surface area contributed by atoms with Crippen molar-refractivity contribution in [1.29, 1.82) is 0 Å². The highest BCUT2D eigenvalue weighted by Crippen LogP contribution is 2.33. The van der Waals surface area contributed by atoms with Crippen molar-refractivity contribution >= 4 is 52.8 Å². The summed E-state index contributed by atoms with van der Waals surface area (Å²) in [5, 5.41) is 4.35. The van der Waals surface area contributed by atoms with Crippen molar-refractivity contribution in [3.05, 3.63) is 57.1 Å². The predicted molar refractivity (Wildman–Crippen MR) is 126 cm³/mol. The molecule has 3 aromatic rings. The number of fused-ring (bicyclic) bond motifs is 1. The number of nitrogens with one attached hydrogen (secondary N) is 1. The number of hydrogen-bond donors (Lipinski definition) is 1. The maximum absolute atomic E-state index is 13.6. The molecule has 2 heterocycles. The summed E-state index contributed by atoms with van der Waals surface area (Å²) in [6.45, 7) is 4.60. The lowest BCUT2D eigenvalue weighted by atomic mass is 10.1. The Kier molecular flexibility index (Phi) is 6.55. The highest BCUT2D eigenvalue weighted by Gasteiger charge is 2.25. The second-order valence-corrected chi connectivity index (χ2v) is 10.8. The van der Waals surface area contributed by atoms with Gasteiger partial charge in [-0.25, -0.2) is 12.4 Å². The lowest BCUT2D eigenvalue weighted by Crippen LogP contribution is -2.27. The van der Waals surface area contributed by atoms with Gasteiger partial charge in [0.15, 0.2) is 0 Å². The van der Waals surface area contributed by atoms with Gasteiger partial charge in [-0.2, -0.15) is 0 Å². The van der Waals surface area contributed by atoms with Crippen LogP contribution in [-0.2, 0) is 16.6 Å². The van der Waals surface area contributed by atoms with Crippen molar-refractivity contribution < 1.29 is 13.2 Å². The Balaban J connectivity index is 1.81. The molecule has 0 bridgehead atoms. The van der Waals surface area contributed by atoms with E-state index in [2.05, 4.69) is 42.1 Å². The van der Waals surface area contributed by atoms with Crippen LogP contribution < -0.4 is 10.1 Å². The molecule has 0 atom stereocenters. The predicted octanol–water partition coefficient (Wildman–Crippen LogP) is 4.21. The van der Waals surface area contributed by atoms with E-state index >= 15 is 0 Å². The topological polar surface area (TPSA) is 63.6 Å². The Morgan fingerprint density at radius 2 is 1.93 bits per heavy atom. The first kappa shape index (κ1) is 21.8. The maximum atomic E-state index is 13.6. The van der Waals surface area contributed by atoms with Crippen molar-refractivity contribution in [3.8, 4) is 5.75 Å². The highest BCUT2D eigenvalue weighted by atomic mass is 79.9. The molecule has 4 rings (SSSR count). The number of methoxy groups -OCH3 is 1. The molecule has 1 aliphatic rings. The summed E-state index contributed by atoms with van der Waals surface area (Å²) in [4.78, 5) is 2.57. The normalized spacial score (nSPS) is 16.0. The molecular weight excluding hydrogens is 534 g/mol. The summed E-state index contributed by atoms with van der Waals surface area (Å²) in [5.41, 5.74) is 1.67. The van der Waals surface area contributed by atoms with Crippen molar-refractivity contribution in [2.45, 2.75) is 17.9 Å². The van der Waals surface area contributed by atoms with E-state index in [-0.39, 0.29) is 4.90 Å². The summed E-state index contributed by atoms with van der Waals surface area (Å²) in [6, 6.07) is 10.6. The fraction of sp³-hybridized carbons (Fsp3) is 0.333. The van der Waals surface area contributed by atoms with E-state index < -0.39 is 10.0 Å². The number of halogens is 2. The molecule has 0 saturated carbocycles. The van der Waals surface area contributed by atoms with E-state index in [0.29, 0.717) is 22.3 Å². The van der Waals surface area contributed by atoms with E-state index in [4.69, 9.17) is 4.74 Å². The van der Waals surface area contributed by atoms with Gasteiger partial charge < -0.3 is 10.1 Å². The van der Waals surface area contributed by atoms with Crippen LogP contribution in [0.4, 0.5) is 0 Å². The van der Waals surface area contributed by atoms with Gasteiger partial charge in [0.1, 0.15) is 10.6 Å². The number of hydrogen-bond acceptors (Lipinski definition) is 5. The lowest BCUT2D eigenvalue weighted by molar-refractivity contribution is 0.285. The minimum Gasteiger partial charge on any atom is -0.497 e. The number of benzene rings is 2. The smallest absolute Gasteiger partial charge is 0.269 e. The van der Waals surface area contributed by atoms with Crippen LogP contribution in [0.15, 0.2) is 56.4 Å². The zero-order valence-electron chi connectivity index (χ0n) is 16.6. The van der Waals surface area contributed by atoms with Crippen molar-refractivity contribution in [2.75, 3.05) is 33.3 Å². The fourth-order valence-electron chi connectivity index (χ4n) is 3.79. The second-order valence-electron chi connectivity index (χ2n) is 7.29. The number of aromatic nitrogens is 1. The quantitative estimate of drug-likeness (QED) is 0.510. The fourth-order valence-corrected chi connectivity index (χ4v) is 6.56. The molecule has 0 radical (unpaired) electrons. The molecule has 1 aromatic heterocycles. The molecule has 2 aromatic carbocycles. The number of nitrogens with zero attached hydrogens (tertiary/aromatic N) is 2. The minimum absolute atomic E-state index is 0.202.